The summed E-state index contributed by atoms with van der Waals surface area (Å²) in [6.07, 6.45) is 1.99. The van der Waals surface area contributed by atoms with E-state index < -0.39 is 0 Å². The van der Waals surface area contributed by atoms with Gasteiger partial charge in [-0.15, -0.1) is 0 Å². The van der Waals surface area contributed by atoms with Crippen LogP contribution in [0.4, 0.5) is 0 Å². The third-order valence-corrected chi connectivity index (χ3v) is 2.72. The van der Waals surface area contributed by atoms with Gasteiger partial charge in [0, 0.05) is 0 Å². The summed E-state index contributed by atoms with van der Waals surface area (Å²) in [5.41, 5.74) is 0. The highest BCUT2D eigenvalue weighted by Crippen LogP contribution is 2.33. The number of hydrogen-bond acceptors (Lipinski definition) is 3. The molecule has 0 heterocycles. The van der Waals surface area contributed by atoms with Crippen LogP contribution in [0.25, 0.3) is 0 Å². The van der Waals surface area contributed by atoms with Gasteiger partial charge in [-0.2, -0.15) is 0 Å². The highest BCUT2D eigenvalue weighted by atomic mass is 16.5. The number of carbonyl (C=O) groups is 1. The van der Waals surface area contributed by atoms with Crippen molar-refractivity contribution in [2.75, 3.05) is 7.11 Å². The van der Waals surface area contributed by atoms with Crippen LogP contribution < -0.4 is 0 Å². The van der Waals surface area contributed by atoms with Gasteiger partial charge in [-0.25, -0.2) is 0 Å². The number of hydrogen-bond donors (Lipinski definition) is 1. The first-order chi connectivity index (χ1) is 5.69. The summed E-state index contributed by atoms with van der Waals surface area (Å²) < 4.78 is 4.63. The quantitative estimate of drug-likeness (QED) is 0.631. The Labute approximate surface area is 72.7 Å². The highest BCUT2D eigenvalue weighted by molar-refractivity contribution is 5.72. The molecule has 0 saturated heterocycles. The van der Waals surface area contributed by atoms with E-state index in [9.17, 15) is 9.90 Å². The van der Waals surface area contributed by atoms with E-state index in [1.165, 1.54) is 7.11 Å². The van der Waals surface area contributed by atoms with Gasteiger partial charge in [0.05, 0.1) is 19.1 Å². The van der Waals surface area contributed by atoms with Crippen molar-refractivity contribution < 1.29 is 14.6 Å². The van der Waals surface area contributed by atoms with Crippen molar-refractivity contribution >= 4 is 5.97 Å². The van der Waals surface area contributed by atoms with Crippen molar-refractivity contribution in [3.8, 4) is 0 Å². The topological polar surface area (TPSA) is 46.5 Å². The zero-order valence-corrected chi connectivity index (χ0v) is 7.62. The predicted molar refractivity (Wildman–Crippen MR) is 44.5 cm³/mol. The molecule has 1 fully saturated rings. The lowest BCUT2D eigenvalue weighted by atomic mass is 10.0. The standard InChI is InChI=1S/C9H16O3/c1-3-6-4-7(5-8(6)10)9(11)12-2/h6-8,10H,3-5H2,1-2H3/t6-,7+,8-/m1/s1. The summed E-state index contributed by atoms with van der Waals surface area (Å²) in [5.74, 6) is 0.0362. The number of carbonyl (C=O) groups excluding carboxylic acids is 1. The van der Waals surface area contributed by atoms with Gasteiger partial charge < -0.3 is 9.84 Å². The Hall–Kier alpha value is -0.570. The second-order valence-electron chi connectivity index (χ2n) is 3.43. The Bertz CT molecular complexity index is 167. The minimum atomic E-state index is -0.306. The second-order valence-corrected chi connectivity index (χ2v) is 3.43. The van der Waals surface area contributed by atoms with Crippen molar-refractivity contribution in [3.05, 3.63) is 0 Å². The van der Waals surface area contributed by atoms with E-state index in [4.69, 9.17) is 0 Å². The van der Waals surface area contributed by atoms with Gasteiger partial charge in [-0.3, -0.25) is 4.79 Å². The molecule has 3 heteroatoms. The minimum absolute atomic E-state index is 0.0741. The van der Waals surface area contributed by atoms with Crippen LogP contribution in [0.5, 0.6) is 0 Å². The van der Waals surface area contributed by atoms with Crippen molar-refractivity contribution in [2.45, 2.75) is 32.3 Å². The van der Waals surface area contributed by atoms with Crippen LogP contribution in [0.2, 0.25) is 0 Å². The van der Waals surface area contributed by atoms with Gasteiger partial charge in [-0.05, 0) is 18.8 Å². The van der Waals surface area contributed by atoms with E-state index in [0.717, 1.165) is 12.8 Å². The van der Waals surface area contributed by atoms with E-state index in [1.807, 2.05) is 6.92 Å². The lowest BCUT2D eigenvalue weighted by Crippen LogP contribution is -2.13. The van der Waals surface area contributed by atoms with Crippen LogP contribution in [0, 0.1) is 11.8 Å². The third-order valence-electron chi connectivity index (χ3n) is 2.72. The summed E-state index contributed by atoms with van der Waals surface area (Å²) in [5, 5.41) is 9.50. The number of methoxy groups -OCH3 is 1. The van der Waals surface area contributed by atoms with Gasteiger partial charge in [0.25, 0.3) is 0 Å². The Morgan fingerprint density at radius 2 is 2.25 bits per heavy atom. The molecular formula is C9H16O3. The second kappa shape index (κ2) is 3.90. The first kappa shape index (κ1) is 9.52. The van der Waals surface area contributed by atoms with Crippen molar-refractivity contribution in [1.82, 2.24) is 0 Å². The third kappa shape index (κ3) is 1.78. The number of esters is 1. The molecular weight excluding hydrogens is 156 g/mol. The van der Waals surface area contributed by atoms with E-state index in [-0.39, 0.29) is 23.9 Å². The van der Waals surface area contributed by atoms with Gasteiger partial charge in [0.1, 0.15) is 0 Å². The van der Waals surface area contributed by atoms with Crippen LogP contribution in [-0.4, -0.2) is 24.3 Å². The normalized spacial score (nSPS) is 35.1. The molecule has 0 aromatic heterocycles. The molecule has 1 aliphatic carbocycles. The Kier molecular flexibility index (Phi) is 3.09. The largest absolute Gasteiger partial charge is 0.469 e. The average molecular weight is 172 g/mol. The van der Waals surface area contributed by atoms with Crippen LogP contribution in [0.1, 0.15) is 26.2 Å². The molecule has 1 aliphatic rings. The molecule has 1 rings (SSSR count). The molecule has 70 valence electrons. The average Bonchev–Trinajstić information content (AvgIpc) is 2.45. The first-order valence-corrected chi connectivity index (χ1v) is 4.45. The predicted octanol–water partition coefficient (Wildman–Crippen LogP) is 0.956. The lowest BCUT2D eigenvalue weighted by molar-refractivity contribution is -0.145. The smallest absolute Gasteiger partial charge is 0.308 e. The number of aliphatic hydroxyl groups excluding tert-OH is 1. The lowest BCUT2D eigenvalue weighted by Gasteiger charge is -2.09. The first-order valence-electron chi connectivity index (χ1n) is 4.45. The molecule has 0 unspecified atom stereocenters. The van der Waals surface area contributed by atoms with Crippen LogP contribution in [-0.2, 0) is 9.53 Å². The molecule has 0 bridgehead atoms. The molecule has 0 amide bonds. The van der Waals surface area contributed by atoms with Gasteiger partial charge in [-0.1, -0.05) is 13.3 Å². The fourth-order valence-electron chi connectivity index (χ4n) is 1.90. The minimum Gasteiger partial charge on any atom is -0.469 e. The molecule has 3 atom stereocenters. The summed E-state index contributed by atoms with van der Waals surface area (Å²) in [6, 6.07) is 0. The number of rotatable bonds is 2. The molecule has 0 radical (unpaired) electrons. The van der Waals surface area contributed by atoms with E-state index >= 15 is 0 Å². The molecule has 0 aromatic carbocycles. The molecule has 3 nitrogen and oxygen atoms in total. The molecule has 12 heavy (non-hydrogen) atoms. The SMILES string of the molecule is CC[C@@H]1C[C@H](C(=O)OC)C[C@H]1O. The summed E-state index contributed by atoms with van der Waals surface area (Å²) in [6.45, 7) is 2.04. The van der Waals surface area contributed by atoms with Crippen molar-refractivity contribution in [2.24, 2.45) is 11.8 Å². The van der Waals surface area contributed by atoms with E-state index in [2.05, 4.69) is 4.74 Å². The highest BCUT2D eigenvalue weighted by Gasteiger charge is 2.36. The summed E-state index contributed by atoms with van der Waals surface area (Å²) >= 11 is 0. The van der Waals surface area contributed by atoms with Crippen LogP contribution >= 0.6 is 0 Å². The summed E-state index contributed by atoms with van der Waals surface area (Å²) in [7, 11) is 1.40. The number of ether oxygens (including phenoxy) is 1. The maximum Gasteiger partial charge on any atom is 0.308 e. The Balaban J connectivity index is 2.48. The molecule has 1 N–H and O–H groups in total. The van der Waals surface area contributed by atoms with Gasteiger partial charge in [0.15, 0.2) is 0 Å². The molecule has 1 saturated carbocycles. The monoisotopic (exact) mass is 172 g/mol. The maximum absolute atomic E-state index is 11.1. The molecule has 0 aromatic rings. The Morgan fingerprint density at radius 1 is 1.58 bits per heavy atom. The Morgan fingerprint density at radius 3 is 2.67 bits per heavy atom. The summed E-state index contributed by atoms with van der Waals surface area (Å²) in [4.78, 5) is 11.1. The van der Waals surface area contributed by atoms with E-state index in [1.54, 1.807) is 0 Å². The molecule has 0 spiro atoms. The van der Waals surface area contributed by atoms with Crippen LogP contribution in [0.15, 0.2) is 0 Å². The fourth-order valence-corrected chi connectivity index (χ4v) is 1.90. The fraction of sp³-hybridized carbons (Fsp3) is 0.889. The van der Waals surface area contributed by atoms with E-state index in [0.29, 0.717) is 6.42 Å². The van der Waals surface area contributed by atoms with Crippen LogP contribution in [0.3, 0.4) is 0 Å². The zero-order chi connectivity index (χ0) is 9.14. The van der Waals surface area contributed by atoms with Gasteiger partial charge >= 0.3 is 5.97 Å². The zero-order valence-electron chi connectivity index (χ0n) is 7.62. The molecule has 0 aliphatic heterocycles. The number of aliphatic hydroxyl groups is 1. The van der Waals surface area contributed by atoms with Crippen molar-refractivity contribution in [1.29, 1.82) is 0 Å². The van der Waals surface area contributed by atoms with Crippen molar-refractivity contribution in [3.63, 3.8) is 0 Å². The maximum atomic E-state index is 11.1. The van der Waals surface area contributed by atoms with Gasteiger partial charge in [0.2, 0.25) is 0 Å².